The summed E-state index contributed by atoms with van der Waals surface area (Å²) in [5.74, 6) is -1.35. The molecule has 0 radical (unpaired) electrons. The Morgan fingerprint density at radius 2 is 1.86 bits per heavy atom. The molecule has 4 rings (SSSR count). The highest BCUT2D eigenvalue weighted by Gasteiger charge is 2.33. The number of nitrogens with zero attached hydrogens (tertiary/aromatic N) is 2. The Kier molecular flexibility index (Phi) is 6.78. The predicted octanol–water partition coefficient (Wildman–Crippen LogP) is 5.10. The Labute approximate surface area is 209 Å². The van der Waals surface area contributed by atoms with Gasteiger partial charge in [0.2, 0.25) is 5.88 Å². The number of carbonyl (C=O) groups is 1. The van der Waals surface area contributed by atoms with Crippen molar-refractivity contribution in [2.24, 2.45) is 5.73 Å². The second-order valence-electron chi connectivity index (χ2n) is 7.25. The molecule has 0 bridgehead atoms. The van der Waals surface area contributed by atoms with Gasteiger partial charge in [-0.1, -0.05) is 47.5 Å². The molecule has 0 aromatic heterocycles. The highest BCUT2D eigenvalue weighted by Crippen LogP contribution is 2.47. The molecule has 0 saturated heterocycles. The van der Waals surface area contributed by atoms with Crippen LogP contribution in [0.3, 0.4) is 0 Å². The number of nitriles is 1. The number of carbonyl (C=O) groups excluding carboxylic acids is 1. The summed E-state index contributed by atoms with van der Waals surface area (Å²) in [6.07, 6.45) is 0. The van der Waals surface area contributed by atoms with Crippen LogP contribution in [-0.2, 0) is 4.79 Å². The molecule has 0 amide bonds. The number of nitro groups is 1. The minimum absolute atomic E-state index is 0.0652. The maximum Gasteiger partial charge on any atom is 0.349 e. The lowest BCUT2D eigenvalue weighted by Gasteiger charge is -2.27. The molecule has 1 heterocycles. The zero-order valence-electron chi connectivity index (χ0n) is 17.7. The normalized spacial score (nSPS) is 14.4. The second kappa shape index (κ2) is 9.93. The number of fused-ring (bicyclic) bond motifs is 1. The molecule has 2 N–H and O–H groups in total. The van der Waals surface area contributed by atoms with Gasteiger partial charge < -0.3 is 19.9 Å². The molecule has 176 valence electrons. The third-order valence-electron chi connectivity index (χ3n) is 5.12. The zero-order chi connectivity index (χ0) is 25.1. The van der Waals surface area contributed by atoms with Crippen LogP contribution in [0.4, 0.5) is 5.69 Å². The molecular weight excluding hydrogens is 497 g/mol. The lowest BCUT2D eigenvalue weighted by Crippen LogP contribution is -2.22. The third-order valence-corrected chi connectivity index (χ3v) is 5.78. The van der Waals surface area contributed by atoms with Gasteiger partial charge in [-0.05, 0) is 24.3 Å². The monoisotopic (exact) mass is 511 g/mol. The SMILES string of the molecule is N#CC1=C(N)Oc2cc(OC(=O)COc3ccccc3[N+](=O)[O-])ccc2C1c1c(Cl)cccc1Cl. The van der Waals surface area contributed by atoms with Crippen molar-refractivity contribution >= 4 is 34.9 Å². The molecule has 1 aliphatic heterocycles. The van der Waals surface area contributed by atoms with Gasteiger partial charge in [0.25, 0.3) is 0 Å². The second-order valence-corrected chi connectivity index (χ2v) is 8.06. The summed E-state index contributed by atoms with van der Waals surface area (Å²) in [6.45, 7) is -0.568. The molecule has 0 aliphatic carbocycles. The van der Waals surface area contributed by atoms with Crippen molar-refractivity contribution in [3.05, 3.63) is 103 Å². The van der Waals surface area contributed by atoms with Gasteiger partial charge in [0, 0.05) is 33.3 Å². The Bertz CT molecular complexity index is 1400. The van der Waals surface area contributed by atoms with E-state index in [4.69, 9.17) is 43.1 Å². The number of benzene rings is 3. The van der Waals surface area contributed by atoms with Crippen LogP contribution in [0.5, 0.6) is 17.2 Å². The molecule has 0 saturated carbocycles. The summed E-state index contributed by atoms with van der Waals surface area (Å²) in [5.41, 5.74) is 6.89. The maximum absolute atomic E-state index is 12.3. The van der Waals surface area contributed by atoms with Crippen LogP contribution >= 0.6 is 23.2 Å². The number of rotatable bonds is 6. The van der Waals surface area contributed by atoms with Gasteiger partial charge in [0.1, 0.15) is 23.1 Å². The average Bonchev–Trinajstić information content (AvgIpc) is 2.82. The molecule has 11 heteroatoms. The quantitative estimate of drug-likeness (QED) is 0.208. The summed E-state index contributed by atoms with van der Waals surface area (Å²) >= 11 is 12.8. The Balaban J connectivity index is 1.58. The Morgan fingerprint density at radius 1 is 1.14 bits per heavy atom. The number of hydrogen-bond donors (Lipinski definition) is 1. The fourth-order valence-corrected chi connectivity index (χ4v) is 4.23. The molecule has 9 nitrogen and oxygen atoms in total. The van der Waals surface area contributed by atoms with Crippen LogP contribution in [0, 0.1) is 21.4 Å². The number of allylic oxidation sites excluding steroid dienone is 1. The van der Waals surface area contributed by atoms with E-state index in [2.05, 4.69) is 6.07 Å². The molecule has 1 atom stereocenters. The fraction of sp³-hybridized carbons (Fsp3) is 0.0833. The summed E-state index contributed by atoms with van der Waals surface area (Å²) in [5, 5.41) is 21.5. The Morgan fingerprint density at radius 3 is 2.54 bits per heavy atom. The average molecular weight is 512 g/mol. The first-order valence-corrected chi connectivity index (χ1v) is 10.8. The van der Waals surface area contributed by atoms with E-state index < -0.39 is 23.4 Å². The number of para-hydroxylation sites is 2. The minimum Gasteiger partial charge on any atom is -0.475 e. The molecule has 3 aromatic rings. The Hall–Kier alpha value is -4.26. The summed E-state index contributed by atoms with van der Waals surface area (Å²) in [7, 11) is 0. The van der Waals surface area contributed by atoms with E-state index in [0.717, 1.165) is 0 Å². The van der Waals surface area contributed by atoms with Crippen LogP contribution in [-0.4, -0.2) is 17.5 Å². The predicted molar refractivity (Wildman–Crippen MR) is 126 cm³/mol. The van der Waals surface area contributed by atoms with E-state index in [1.54, 1.807) is 30.3 Å². The highest BCUT2D eigenvalue weighted by molar-refractivity contribution is 6.36. The molecular formula is C24H15Cl2N3O6. The van der Waals surface area contributed by atoms with Crippen LogP contribution in [0.15, 0.2) is 72.1 Å². The zero-order valence-corrected chi connectivity index (χ0v) is 19.2. The number of ether oxygens (including phenoxy) is 3. The maximum atomic E-state index is 12.3. The van der Waals surface area contributed by atoms with Gasteiger partial charge in [0.15, 0.2) is 12.4 Å². The number of hydrogen-bond acceptors (Lipinski definition) is 8. The third kappa shape index (κ3) is 4.84. The van der Waals surface area contributed by atoms with Crippen LogP contribution in [0.2, 0.25) is 10.0 Å². The van der Waals surface area contributed by atoms with E-state index in [1.807, 2.05) is 0 Å². The first-order valence-electron chi connectivity index (χ1n) is 10.0. The summed E-state index contributed by atoms with van der Waals surface area (Å²) in [4.78, 5) is 22.8. The molecule has 0 spiro atoms. The molecule has 1 unspecified atom stereocenters. The molecule has 3 aromatic carbocycles. The van der Waals surface area contributed by atoms with Crippen molar-refractivity contribution in [3.8, 4) is 23.3 Å². The summed E-state index contributed by atoms with van der Waals surface area (Å²) < 4.78 is 16.2. The standard InChI is InChI=1S/C24H15Cl2N3O6/c25-16-4-3-5-17(26)23(16)22-14-9-8-13(10-20(14)35-24(28)15(22)11-27)34-21(30)12-33-19-7-2-1-6-18(19)29(31)32/h1-10,22H,12,28H2. The lowest BCUT2D eigenvalue weighted by molar-refractivity contribution is -0.385. The topological polar surface area (TPSA) is 138 Å². The first-order chi connectivity index (χ1) is 16.8. The van der Waals surface area contributed by atoms with Crippen molar-refractivity contribution in [2.45, 2.75) is 5.92 Å². The van der Waals surface area contributed by atoms with E-state index in [9.17, 15) is 20.2 Å². The minimum atomic E-state index is -0.800. The number of halogens is 2. The van der Waals surface area contributed by atoms with Gasteiger partial charge in [-0.2, -0.15) is 5.26 Å². The first kappa shape index (κ1) is 23.9. The van der Waals surface area contributed by atoms with Crippen molar-refractivity contribution in [1.82, 2.24) is 0 Å². The van der Waals surface area contributed by atoms with Gasteiger partial charge in [-0.15, -0.1) is 0 Å². The van der Waals surface area contributed by atoms with E-state index in [0.29, 0.717) is 21.2 Å². The number of nitro benzene ring substituents is 1. The van der Waals surface area contributed by atoms with Crippen molar-refractivity contribution < 1.29 is 23.9 Å². The number of nitrogens with two attached hydrogens (primary N) is 1. The van der Waals surface area contributed by atoms with Gasteiger partial charge in [0.05, 0.1) is 10.8 Å². The van der Waals surface area contributed by atoms with Crippen molar-refractivity contribution in [3.63, 3.8) is 0 Å². The molecule has 0 fully saturated rings. The van der Waals surface area contributed by atoms with Crippen LogP contribution in [0.25, 0.3) is 0 Å². The van der Waals surface area contributed by atoms with E-state index in [1.165, 1.54) is 30.3 Å². The van der Waals surface area contributed by atoms with Crippen LogP contribution < -0.4 is 19.9 Å². The number of esters is 1. The fourth-order valence-electron chi connectivity index (χ4n) is 3.61. The van der Waals surface area contributed by atoms with Crippen molar-refractivity contribution in [1.29, 1.82) is 5.26 Å². The molecule has 35 heavy (non-hydrogen) atoms. The highest BCUT2D eigenvalue weighted by atomic mass is 35.5. The van der Waals surface area contributed by atoms with Gasteiger partial charge in [-0.25, -0.2) is 4.79 Å². The molecule has 1 aliphatic rings. The lowest BCUT2D eigenvalue weighted by atomic mass is 9.83. The van der Waals surface area contributed by atoms with Gasteiger partial charge in [-0.3, -0.25) is 10.1 Å². The van der Waals surface area contributed by atoms with Crippen LogP contribution in [0.1, 0.15) is 17.0 Å². The van der Waals surface area contributed by atoms with E-state index in [-0.39, 0.29) is 34.4 Å². The van der Waals surface area contributed by atoms with Gasteiger partial charge >= 0.3 is 11.7 Å². The summed E-state index contributed by atoms with van der Waals surface area (Å²) in [6, 6.07) is 17.2. The van der Waals surface area contributed by atoms with E-state index >= 15 is 0 Å². The largest absolute Gasteiger partial charge is 0.475 e. The smallest absolute Gasteiger partial charge is 0.349 e. The van der Waals surface area contributed by atoms with Crippen molar-refractivity contribution in [2.75, 3.05) is 6.61 Å².